The first kappa shape index (κ1) is 11.9. The summed E-state index contributed by atoms with van der Waals surface area (Å²) in [5.41, 5.74) is 1.76. The van der Waals surface area contributed by atoms with Crippen LogP contribution in [0.25, 0.3) is 0 Å². The second-order valence-corrected chi connectivity index (χ2v) is 3.92. The van der Waals surface area contributed by atoms with Crippen molar-refractivity contribution in [2.45, 2.75) is 12.8 Å². The minimum absolute atomic E-state index is 0.334. The minimum Gasteiger partial charge on any atom is -0.439 e. The molecule has 0 fully saturated rings. The smallest absolute Gasteiger partial charge is 0.219 e. The van der Waals surface area contributed by atoms with Gasteiger partial charge in [-0.25, -0.2) is 9.37 Å². The van der Waals surface area contributed by atoms with Crippen molar-refractivity contribution in [3.05, 3.63) is 53.5 Å². The predicted molar refractivity (Wildman–Crippen MR) is 65.0 cm³/mol. The zero-order chi connectivity index (χ0) is 12.3. The lowest BCUT2D eigenvalue weighted by molar-refractivity contribution is 0.454. The van der Waals surface area contributed by atoms with E-state index in [0.29, 0.717) is 17.5 Å². The van der Waals surface area contributed by atoms with Crippen LogP contribution in [0, 0.1) is 12.7 Å². The molecule has 0 aliphatic rings. The molecule has 2 nitrogen and oxygen atoms in total. The number of hydrogen-bond acceptors (Lipinski definition) is 2. The van der Waals surface area contributed by atoms with Gasteiger partial charge >= 0.3 is 0 Å². The average Bonchev–Trinajstić information content (AvgIpc) is 2.34. The molecule has 0 bridgehead atoms. The molecule has 0 spiro atoms. The molecule has 88 valence electrons. The first-order chi connectivity index (χ1) is 8.19. The molecule has 0 aliphatic carbocycles. The van der Waals surface area contributed by atoms with Crippen molar-refractivity contribution in [1.82, 2.24) is 4.98 Å². The van der Waals surface area contributed by atoms with E-state index in [9.17, 15) is 4.39 Å². The van der Waals surface area contributed by atoms with Crippen molar-refractivity contribution in [2.75, 3.05) is 0 Å². The maximum atomic E-state index is 13.1. The van der Waals surface area contributed by atoms with Crippen LogP contribution < -0.4 is 4.74 Å². The number of ether oxygens (including phenoxy) is 1. The first-order valence-electron chi connectivity index (χ1n) is 5.14. The molecule has 0 N–H and O–H groups in total. The van der Waals surface area contributed by atoms with Crippen LogP contribution in [-0.2, 0) is 5.88 Å². The van der Waals surface area contributed by atoms with Crippen LogP contribution in [0.15, 0.2) is 36.5 Å². The second-order valence-electron chi connectivity index (χ2n) is 3.65. The zero-order valence-corrected chi connectivity index (χ0v) is 10.0. The molecule has 0 unspecified atom stereocenters. The summed E-state index contributed by atoms with van der Waals surface area (Å²) in [5.74, 6) is 0.932. The number of benzene rings is 1. The van der Waals surface area contributed by atoms with E-state index in [1.165, 1.54) is 12.1 Å². The summed E-state index contributed by atoms with van der Waals surface area (Å²) in [6.07, 6.45) is 1.61. The molecule has 1 heterocycles. The molecule has 17 heavy (non-hydrogen) atoms. The van der Waals surface area contributed by atoms with E-state index in [1.807, 2.05) is 6.92 Å². The van der Waals surface area contributed by atoms with Crippen molar-refractivity contribution in [1.29, 1.82) is 0 Å². The fourth-order valence-electron chi connectivity index (χ4n) is 1.39. The number of alkyl halides is 1. The average molecular weight is 252 g/mol. The number of rotatable bonds is 3. The number of halogens is 2. The van der Waals surface area contributed by atoms with Gasteiger partial charge in [0.2, 0.25) is 5.88 Å². The Balaban J connectivity index is 2.27. The molecule has 4 heteroatoms. The highest BCUT2D eigenvalue weighted by Crippen LogP contribution is 2.25. The van der Waals surface area contributed by atoms with Gasteiger partial charge in [-0.3, -0.25) is 0 Å². The van der Waals surface area contributed by atoms with Gasteiger partial charge in [-0.15, -0.1) is 11.6 Å². The normalized spacial score (nSPS) is 10.3. The number of pyridine rings is 1. The van der Waals surface area contributed by atoms with Gasteiger partial charge in [-0.05, 0) is 30.2 Å². The second kappa shape index (κ2) is 5.15. The van der Waals surface area contributed by atoms with Crippen molar-refractivity contribution in [3.63, 3.8) is 0 Å². The largest absolute Gasteiger partial charge is 0.439 e. The fraction of sp³-hybridized carbons (Fsp3) is 0.154. The van der Waals surface area contributed by atoms with Gasteiger partial charge < -0.3 is 4.74 Å². The summed E-state index contributed by atoms with van der Waals surface area (Å²) in [4.78, 5) is 4.05. The molecular formula is C13H11ClFNO. The van der Waals surface area contributed by atoms with Crippen LogP contribution in [0.2, 0.25) is 0 Å². The summed E-state index contributed by atoms with van der Waals surface area (Å²) in [6.45, 7) is 1.85. The Labute approximate surface area is 104 Å². The summed E-state index contributed by atoms with van der Waals surface area (Å²) < 4.78 is 18.6. The van der Waals surface area contributed by atoms with E-state index in [2.05, 4.69) is 4.98 Å². The van der Waals surface area contributed by atoms with E-state index >= 15 is 0 Å². The molecule has 0 aliphatic heterocycles. The van der Waals surface area contributed by atoms with Crippen LogP contribution in [0.5, 0.6) is 11.6 Å². The summed E-state index contributed by atoms with van der Waals surface area (Å²) in [5, 5.41) is 0. The van der Waals surface area contributed by atoms with Crippen molar-refractivity contribution in [2.24, 2.45) is 0 Å². The van der Waals surface area contributed by atoms with Crippen LogP contribution in [-0.4, -0.2) is 4.98 Å². The third-order valence-corrected chi connectivity index (χ3v) is 2.63. The van der Waals surface area contributed by atoms with Crippen molar-refractivity contribution < 1.29 is 9.13 Å². The van der Waals surface area contributed by atoms with Gasteiger partial charge in [0.1, 0.15) is 11.6 Å². The topological polar surface area (TPSA) is 22.1 Å². The van der Waals surface area contributed by atoms with E-state index in [0.717, 1.165) is 11.1 Å². The Morgan fingerprint density at radius 1 is 1.29 bits per heavy atom. The molecule has 1 aromatic heterocycles. The third-order valence-electron chi connectivity index (χ3n) is 2.32. The lowest BCUT2D eigenvalue weighted by atomic mass is 10.2. The number of nitrogens with zero attached hydrogens (tertiary/aromatic N) is 1. The lowest BCUT2D eigenvalue weighted by Gasteiger charge is -2.08. The predicted octanol–water partition coefficient (Wildman–Crippen LogP) is 4.06. The van der Waals surface area contributed by atoms with Crippen molar-refractivity contribution in [3.8, 4) is 11.6 Å². The maximum absolute atomic E-state index is 13.1. The highest BCUT2D eigenvalue weighted by molar-refractivity contribution is 6.17. The molecular weight excluding hydrogens is 241 g/mol. The Bertz CT molecular complexity index is 531. The molecule has 2 rings (SSSR count). The summed E-state index contributed by atoms with van der Waals surface area (Å²) >= 11 is 5.72. The molecule has 0 radical (unpaired) electrons. The SMILES string of the molecule is Cc1ccc(F)cc1Oc1cc(CCl)ccn1. The molecule has 2 aromatic rings. The molecule has 0 saturated carbocycles. The molecule has 0 atom stereocenters. The van der Waals surface area contributed by atoms with Gasteiger partial charge in [0.25, 0.3) is 0 Å². The monoisotopic (exact) mass is 251 g/mol. The zero-order valence-electron chi connectivity index (χ0n) is 9.28. The van der Waals surface area contributed by atoms with Crippen LogP contribution in [0.3, 0.4) is 0 Å². The Hall–Kier alpha value is -1.61. The van der Waals surface area contributed by atoms with Crippen LogP contribution in [0.4, 0.5) is 4.39 Å². The van der Waals surface area contributed by atoms with Gasteiger partial charge in [0, 0.05) is 24.2 Å². The van der Waals surface area contributed by atoms with E-state index in [1.54, 1.807) is 24.4 Å². The van der Waals surface area contributed by atoms with Crippen molar-refractivity contribution >= 4 is 11.6 Å². The van der Waals surface area contributed by atoms with E-state index in [4.69, 9.17) is 16.3 Å². The van der Waals surface area contributed by atoms with Crippen LogP contribution in [0.1, 0.15) is 11.1 Å². The number of hydrogen-bond donors (Lipinski definition) is 0. The lowest BCUT2D eigenvalue weighted by Crippen LogP contribution is -1.92. The quantitative estimate of drug-likeness (QED) is 0.768. The fourth-order valence-corrected chi connectivity index (χ4v) is 1.55. The van der Waals surface area contributed by atoms with Gasteiger partial charge in [0.05, 0.1) is 0 Å². The van der Waals surface area contributed by atoms with Gasteiger partial charge in [-0.1, -0.05) is 6.07 Å². The first-order valence-corrected chi connectivity index (χ1v) is 5.67. The van der Waals surface area contributed by atoms with E-state index < -0.39 is 0 Å². The Morgan fingerprint density at radius 2 is 2.12 bits per heavy atom. The minimum atomic E-state index is -0.334. The maximum Gasteiger partial charge on any atom is 0.219 e. The summed E-state index contributed by atoms with van der Waals surface area (Å²) in [6, 6.07) is 7.93. The highest BCUT2D eigenvalue weighted by atomic mass is 35.5. The molecule has 0 amide bonds. The summed E-state index contributed by atoms with van der Waals surface area (Å²) in [7, 11) is 0. The Morgan fingerprint density at radius 3 is 2.88 bits per heavy atom. The molecule has 1 aromatic carbocycles. The van der Waals surface area contributed by atoms with Crippen LogP contribution >= 0.6 is 11.6 Å². The highest BCUT2D eigenvalue weighted by Gasteiger charge is 2.04. The number of aromatic nitrogens is 1. The third kappa shape index (κ3) is 2.94. The Kier molecular flexibility index (Phi) is 3.59. The van der Waals surface area contributed by atoms with Gasteiger partial charge in [0.15, 0.2) is 0 Å². The van der Waals surface area contributed by atoms with Gasteiger partial charge in [-0.2, -0.15) is 0 Å². The standard InChI is InChI=1S/C13H11ClFNO/c1-9-2-3-11(15)7-12(9)17-13-6-10(8-14)4-5-16-13/h2-7H,8H2,1H3. The van der Waals surface area contributed by atoms with E-state index in [-0.39, 0.29) is 5.82 Å². The number of aryl methyl sites for hydroxylation is 1. The molecule has 0 saturated heterocycles.